The minimum absolute atomic E-state index is 0.165. The molecule has 2 rings (SSSR count). The van der Waals surface area contributed by atoms with E-state index in [-0.39, 0.29) is 6.04 Å². The maximum atomic E-state index is 12.3. The first-order valence-electron chi connectivity index (χ1n) is 5.88. The SMILES string of the molecule is CNCc1cc(S(=O)(=O)N(C)C2CC2)ccc1Cl. The first kappa shape index (κ1) is 13.8. The number of sulfonamides is 1. The van der Waals surface area contributed by atoms with Gasteiger partial charge in [-0.05, 0) is 43.7 Å². The molecule has 4 nitrogen and oxygen atoms in total. The van der Waals surface area contributed by atoms with Crippen LogP contribution in [0.15, 0.2) is 23.1 Å². The molecule has 0 amide bonds. The summed E-state index contributed by atoms with van der Waals surface area (Å²) in [6.07, 6.45) is 1.90. The van der Waals surface area contributed by atoms with Crippen LogP contribution in [0.2, 0.25) is 5.02 Å². The number of benzene rings is 1. The standard InChI is InChI=1S/C12H17ClN2O2S/c1-14-8-9-7-11(5-6-12(9)13)18(16,17)15(2)10-3-4-10/h5-7,10,14H,3-4,8H2,1-2H3. The zero-order valence-corrected chi connectivity index (χ0v) is 12.1. The van der Waals surface area contributed by atoms with E-state index in [2.05, 4.69) is 5.32 Å². The van der Waals surface area contributed by atoms with Crippen molar-refractivity contribution >= 4 is 21.6 Å². The predicted molar refractivity (Wildman–Crippen MR) is 72.2 cm³/mol. The van der Waals surface area contributed by atoms with Gasteiger partial charge >= 0.3 is 0 Å². The van der Waals surface area contributed by atoms with Crippen LogP contribution in [0.3, 0.4) is 0 Å². The first-order chi connectivity index (χ1) is 8.46. The largest absolute Gasteiger partial charge is 0.316 e. The number of hydrogen-bond acceptors (Lipinski definition) is 3. The van der Waals surface area contributed by atoms with E-state index in [0.717, 1.165) is 18.4 Å². The molecular weight excluding hydrogens is 272 g/mol. The van der Waals surface area contributed by atoms with E-state index in [1.807, 2.05) is 0 Å². The van der Waals surface area contributed by atoms with E-state index in [1.165, 1.54) is 4.31 Å². The molecule has 0 aliphatic heterocycles. The Labute approximate surface area is 113 Å². The Balaban J connectivity index is 2.35. The molecule has 0 aromatic heterocycles. The topological polar surface area (TPSA) is 49.4 Å². The molecule has 0 atom stereocenters. The van der Waals surface area contributed by atoms with Gasteiger partial charge in [0.15, 0.2) is 0 Å². The van der Waals surface area contributed by atoms with Gasteiger partial charge in [0, 0.05) is 24.7 Å². The van der Waals surface area contributed by atoms with Crippen LogP contribution in [0, 0.1) is 0 Å². The van der Waals surface area contributed by atoms with Gasteiger partial charge in [-0.25, -0.2) is 8.42 Å². The average molecular weight is 289 g/mol. The second-order valence-electron chi connectivity index (χ2n) is 4.54. The van der Waals surface area contributed by atoms with Gasteiger partial charge in [-0.1, -0.05) is 11.6 Å². The third-order valence-corrected chi connectivity index (χ3v) is 5.40. The Bertz CT molecular complexity index is 541. The summed E-state index contributed by atoms with van der Waals surface area (Å²) in [6, 6.07) is 5.02. The second kappa shape index (κ2) is 5.17. The maximum absolute atomic E-state index is 12.3. The molecule has 1 aliphatic carbocycles. The van der Waals surface area contributed by atoms with Crippen molar-refractivity contribution in [3.05, 3.63) is 28.8 Å². The molecule has 0 radical (unpaired) electrons. The van der Waals surface area contributed by atoms with Crippen molar-refractivity contribution in [3.8, 4) is 0 Å². The lowest BCUT2D eigenvalue weighted by Gasteiger charge is -2.17. The highest BCUT2D eigenvalue weighted by Crippen LogP contribution is 2.31. The molecule has 0 spiro atoms. The van der Waals surface area contributed by atoms with Crippen molar-refractivity contribution < 1.29 is 8.42 Å². The van der Waals surface area contributed by atoms with Crippen LogP contribution in [0.5, 0.6) is 0 Å². The van der Waals surface area contributed by atoms with Crippen molar-refractivity contribution in [1.29, 1.82) is 0 Å². The lowest BCUT2D eigenvalue weighted by atomic mass is 10.2. The summed E-state index contributed by atoms with van der Waals surface area (Å²) < 4.78 is 26.1. The summed E-state index contributed by atoms with van der Waals surface area (Å²) in [4.78, 5) is 0.312. The molecule has 0 unspecified atom stereocenters. The molecule has 0 bridgehead atoms. The van der Waals surface area contributed by atoms with Crippen molar-refractivity contribution in [1.82, 2.24) is 9.62 Å². The molecule has 6 heteroatoms. The minimum atomic E-state index is -3.39. The lowest BCUT2D eigenvalue weighted by molar-refractivity contribution is 0.464. The van der Waals surface area contributed by atoms with Gasteiger partial charge in [0.05, 0.1) is 4.90 Å². The second-order valence-corrected chi connectivity index (χ2v) is 6.94. The zero-order chi connectivity index (χ0) is 13.3. The summed E-state index contributed by atoms with van der Waals surface area (Å²) in [5.41, 5.74) is 0.796. The Morgan fingerprint density at radius 3 is 2.67 bits per heavy atom. The third-order valence-electron chi connectivity index (χ3n) is 3.12. The molecule has 0 heterocycles. The molecule has 0 saturated heterocycles. The zero-order valence-electron chi connectivity index (χ0n) is 10.5. The summed E-state index contributed by atoms with van der Waals surface area (Å²) in [5.74, 6) is 0. The predicted octanol–water partition coefficient (Wildman–Crippen LogP) is 1.84. The molecule has 1 aromatic carbocycles. The molecule has 1 N–H and O–H groups in total. The number of nitrogens with one attached hydrogen (secondary N) is 1. The number of rotatable bonds is 5. The van der Waals surface area contributed by atoms with Crippen LogP contribution < -0.4 is 5.32 Å². The van der Waals surface area contributed by atoms with Crippen molar-refractivity contribution in [2.24, 2.45) is 0 Å². The monoisotopic (exact) mass is 288 g/mol. The summed E-state index contributed by atoms with van der Waals surface area (Å²) in [5, 5.41) is 3.56. The summed E-state index contributed by atoms with van der Waals surface area (Å²) in [6.45, 7) is 0.551. The van der Waals surface area contributed by atoms with Gasteiger partial charge in [-0.2, -0.15) is 4.31 Å². The third kappa shape index (κ3) is 2.69. The molecular formula is C12H17ClN2O2S. The average Bonchev–Trinajstić information content (AvgIpc) is 3.15. The van der Waals surface area contributed by atoms with E-state index >= 15 is 0 Å². The van der Waals surface area contributed by atoms with Gasteiger partial charge < -0.3 is 5.32 Å². The van der Waals surface area contributed by atoms with E-state index < -0.39 is 10.0 Å². The summed E-state index contributed by atoms with van der Waals surface area (Å²) in [7, 11) is 0.0513. The lowest BCUT2D eigenvalue weighted by Crippen LogP contribution is -2.29. The van der Waals surface area contributed by atoms with Gasteiger partial charge in [0.1, 0.15) is 0 Å². The fourth-order valence-electron chi connectivity index (χ4n) is 1.84. The smallest absolute Gasteiger partial charge is 0.243 e. The van der Waals surface area contributed by atoms with Crippen molar-refractivity contribution in [2.45, 2.75) is 30.3 Å². The van der Waals surface area contributed by atoms with Crippen LogP contribution in [0.1, 0.15) is 18.4 Å². The minimum Gasteiger partial charge on any atom is -0.316 e. The molecule has 1 aromatic rings. The molecule has 100 valence electrons. The Kier molecular flexibility index (Phi) is 3.96. The molecule has 1 saturated carbocycles. The Morgan fingerprint density at radius 2 is 2.11 bits per heavy atom. The molecule has 1 aliphatic rings. The highest BCUT2D eigenvalue weighted by atomic mass is 35.5. The van der Waals surface area contributed by atoms with Crippen LogP contribution >= 0.6 is 11.6 Å². The van der Waals surface area contributed by atoms with E-state index in [4.69, 9.17) is 11.6 Å². The van der Waals surface area contributed by atoms with Gasteiger partial charge in [0.2, 0.25) is 10.0 Å². The highest BCUT2D eigenvalue weighted by molar-refractivity contribution is 7.89. The van der Waals surface area contributed by atoms with Crippen LogP contribution in [0.25, 0.3) is 0 Å². The Hall–Kier alpha value is -0.620. The van der Waals surface area contributed by atoms with E-state index in [9.17, 15) is 8.42 Å². The highest BCUT2D eigenvalue weighted by Gasteiger charge is 2.35. The van der Waals surface area contributed by atoms with E-state index in [1.54, 1.807) is 32.3 Å². The van der Waals surface area contributed by atoms with Gasteiger partial charge in [-0.3, -0.25) is 0 Å². The fraction of sp³-hybridized carbons (Fsp3) is 0.500. The molecule has 1 fully saturated rings. The Morgan fingerprint density at radius 1 is 1.44 bits per heavy atom. The number of nitrogens with zero attached hydrogens (tertiary/aromatic N) is 1. The fourth-order valence-corrected chi connectivity index (χ4v) is 3.49. The quantitative estimate of drug-likeness (QED) is 0.899. The molecule has 18 heavy (non-hydrogen) atoms. The van der Waals surface area contributed by atoms with Crippen molar-refractivity contribution in [2.75, 3.05) is 14.1 Å². The van der Waals surface area contributed by atoms with Crippen LogP contribution in [-0.2, 0) is 16.6 Å². The normalized spacial score (nSPS) is 16.2. The number of halogens is 1. The first-order valence-corrected chi connectivity index (χ1v) is 7.69. The summed E-state index contributed by atoms with van der Waals surface area (Å²) >= 11 is 6.03. The van der Waals surface area contributed by atoms with Crippen LogP contribution in [-0.4, -0.2) is 32.9 Å². The van der Waals surface area contributed by atoms with Gasteiger partial charge in [0.25, 0.3) is 0 Å². The maximum Gasteiger partial charge on any atom is 0.243 e. The van der Waals surface area contributed by atoms with Crippen molar-refractivity contribution in [3.63, 3.8) is 0 Å². The van der Waals surface area contributed by atoms with Gasteiger partial charge in [-0.15, -0.1) is 0 Å². The van der Waals surface area contributed by atoms with E-state index in [0.29, 0.717) is 16.5 Å². The number of hydrogen-bond donors (Lipinski definition) is 1. The van der Waals surface area contributed by atoms with Crippen LogP contribution in [0.4, 0.5) is 0 Å².